The van der Waals surface area contributed by atoms with Gasteiger partial charge in [0.15, 0.2) is 0 Å². The molecule has 0 fully saturated rings. The van der Waals surface area contributed by atoms with Gasteiger partial charge in [0.05, 0.1) is 7.11 Å². The number of unbranched alkanes of at least 4 members (excludes halogenated alkanes) is 1. The first-order valence-electron chi connectivity index (χ1n) is 5.46. The smallest absolute Gasteiger partial charge is 0.122 e. The lowest BCUT2D eigenvalue weighted by Crippen LogP contribution is -1.95. The molecule has 0 heterocycles. The van der Waals surface area contributed by atoms with Crippen LogP contribution in [0.1, 0.15) is 37.8 Å². The molecule has 0 aliphatic heterocycles. The summed E-state index contributed by atoms with van der Waals surface area (Å²) in [5.41, 5.74) is 1.86. The van der Waals surface area contributed by atoms with Crippen LogP contribution in [-0.2, 0) is 0 Å². The van der Waals surface area contributed by atoms with E-state index < -0.39 is 0 Å². The number of hydrogen-bond acceptors (Lipinski definition) is 2. The minimum atomic E-state index is 0.388. The molecule has 0 aromatic heterocycles. The van der Waals surface area contributed by atoms with Gasteiger partial charge in [-0.25, -0.2) is 0 Å². The average Bonchev–Trinajstić information content (AvgIpc) is 2.29. The van der Waals surface area contributed by atoms with Gasteiger partial charge in [0.1, 0.15) is 10.4 Å². The lowest BCUT2D eigenvalue weighted by atomic mass is 10.1. The third-order valence-electron chi connectivity index (χ3n) is 2.24. The highest BCUT2D eigenvalue weighted by molar-refractivity contribution is 9.18. The van der Waals surface area contributed by atoms with E-state index in [2.05, 4.69) is 29.8 Å². The van der Waals surface area contributed by atoms with E-state index in [4.69, 9.17) is 10.1 Å². The normalized spacial score (nSPS) is 9.06. The summed E-state index contributed by atoms with van der Waals surface area (Å²) in [5.74, 6) is 0.816. The highest BCUT2D eigenvalue weighted by Gasteiger charge is 2.05. The molecular weight excluding hydrogens is 266 g/mol. The Labute approximate surface area is 107 Å². The van der Waals surface area contributed by atoms with Gasteiger partial charge < -0.3 is 4.74 Å². The molecule has 0 amide bonds. The van der Waals surface area contributed by atoms with Crippen molar-refractivity contribution in [1.82, 2.24) is 0 Å². The summed E-state index contributed by atoms with van der Waals surface area (Å²) in [7, 11) is 1.63. The predicted molar refractivity (Wildman–Crippen MR) is 74.1 cm³/mol. The largest absolute Gasteiger partial charge is 0.496 e. The van der Waals surface area contributed by atoms with E-state index in [1.165, 1.54) is 12.8 Å². The molecule has 16 heavy (non-hydrogen) atoms. The topological polar surface area (TPSA) is 33.1 Å². The third-order valence-corrected chi connectivity index (χ3v) is 2.67. The van der Waals surface area contributed by atoms with Gasteiger partial charge in [-0.05, 0) is 28.9 Å². The summed E-state index contributed by atoms with van der Waals surface area (Å²) in [6, 6.07) is 5.64. The molecule has 2 nitrogen and oxygen atoms in total. The zero-order valence-electron chi connectivity index (χ0n) is 10.4. The van der Waals surface area contributed by atoms with Crippen molar-refractivity contribution in [3.8, 4) is 5.75 Å². The van der Waals surface area contributed by atoms with Crippen molar-refractivity contribution in [2.45, 2.75) is 33.6 Å². The standard InChI is InChI=1S/C9H10BrNO.C4H10/c1-6-7(9(10)11)4-3-5-8(6)12-2;1-3-4-2/h3-5,11H,1-2H3;3-4H2,1-2H3. The Morgan fingerprint density at radius 3 is 2.25 bits per heavy atom. The van der Waals surface area contributed by atoms with Gasteiger partial charge in [0.2, 0.25) is 0 Å². The van der Waals surface area contributed by atoms with E-state index in [1.54, 1.807) is 7.11 Å². The second kappa shape index (κ2) is 8.34. The monoisotopic (exact) mass is 285 g/mol. The molecule has 0 atom stereocenters. The van der Waals surface area contributed by atoms with Crippen molar-refractivity contribution in [3.05, 3.63) is 29.3 Å². The molecule has 0 saturated heterocycles. The number of hydrogen-bond donors (Lipinski definition) is 1. The summed E-state index contributed by atoms with van der Waals surface area (Å²) in [6.45, 7) is 6.30. The minimum absolute atomic E-state index is 0.388. The zero-order chi connectivity index (χ0) is 12.6. The highest BCUT2D eigenvalue weighted by Crippen LogP contribution is 2.22. The molecule has 0 spiro atoms. The number of methoxy groups -OCH3 is 1. The van der Waals surface area contributed by atoms with Gasteiger partial charge in [0.25, 0.3) is 0 Å². The van der Waals surface area contributed by atoms with Crippen LogP contribution in [0.2, 0.25) is 0 Å². The maximum Gasteiger partial charge on any atom is 0.122 e. The molecular formula is C13H20BrNO. The highest BCUT2D eigenvalue weighted by atomic mass is 79.9. The van der Waals surface area contributed by atoms with Crippen molar-refractivity contribution in [2.24, 2.45) is 0 Å². The molecule has 1 rings (SSSR count). The van der Waals surface area contributed by atoms with E-state index in [1.807, 2.05) is 25.1 Å². The van der Waals surface area contributed by atoms with Crippen LogP contribution in [0.25, 0.3) is 0 Å². The fourth-order valence-electron chi connectivity index (χ4n) is 1.07. The Morgan fingerprint density at radius 2 is 1.88 bits per heavy atom. The molecule has 0 saturated carbocycles. The predicted octanol–water partition coefficient (Wildman–Crippen LogP) is 4.53. The Kier molecular flexibility index (Phi) is 7.90. The van der Waals surface area contributed by atoms with Crippen LogP contribution in [-0.4, -0.2) is 11.7 Å². The van der Waals surface area contributed by atoms with Crippen molar-refractivity contribution in [2.75, 3.05) is 7.11 Å². The van der Waals surface area contributed by atoms with Gasteiger partial charge in [-0.1, -0.05) is 38.8 Å². The summed E-state index contributed by atoms with van der Waals surface area (Å²) < 4.78 is 5.51. The lowest BCUT2D eigenvalue weighted by molar-refractivity contribution is 0.411. The maximum absolute atomic E-state index is 7.41. The van der Waals surface area contributed by atoms with Crippen LogP contribution >= 0.6 is 15.9 Å². The Morgan fingerprint density at radius 1 is 1.31 bits per heavy atom. The van der Waals surface area contributed by atoms with Crippen LogP contribution < -0.4 is 4.74 Å². The van der Waals surface area contributed by atoms with Gasteiger partial charge >= 0.3 is 0 Å². The summed E-state index contributed by atoms with van der Waals surface area (Å²) >= 11 is 3.12. The van der Waals surface area contributed by atoms with Gasteiger partial charge in [0, 0.05) is 11.1 Å². The second-order valence-electron chi connectivity index (χ2n) is 3.45. The zero-order valence-corrected chi connectivity index (χ0v) is 12.0. The van der Waals surface area contributed by atoms with Gasteiger partial charge in [-0.3, -0.25) is 5.41 Å². The SMILES string of the molecule is CCCC.COc1cccc(C(=N)Br)c1C. The number of halogens is 1. The first kappa shape index (κ1) is 15.2. The molecule has 1 N–H and O–H groups in total. The fourth-order valence-corrected chi connectivity index (χ4v) is 1.50. The average molecular weight is 286 g/mol. The van der Waals surface area contributed by atoms with E-state index in [0.717, 1.165) is 16.9 Å². The van der Waals surface area contributed by atoms with Crippen molar-refractivity contribution < 1.29 is 4.74 Å². The molecule has 90 valence electrons. The van der Waals surface area contributed by atoms with E-state index in [9.17, 15) is 0 Å². The summed E-state index contributed by atoms with van der Waals surface area (Å²) in [6.07, 6.45) is 2.64. The lowest BCUT2D eigenvalue weighted by Gasteiger charge is -2.07. The summed E-state index contributed by atoms with van der Waals surface area (Å²) in [5, 5.41) is 7.41. The fraction of sp³-hybridized carbons (Fsp3) is 0.462. The quantitative estimate of drug-likeness (QED) is 0.813. The number of rotatable bonds is 3. The van der Waals surface area contributed by atoms with Gasteiger partial charge in [-0.15, -0.1) is 0 Å². The molecule has 0 aliphatic rings. The molecule has 0 unspecified atom stereocenters. The third kappa shape index (κ3) is 4.79. The van der Waals surface area contributed by atoms with Crippen molar-refractivity contribution in [1.29, 1.82) is 5.41 Å². The Bertz CT molecular complexity index is 335. The van der Waals surface area contributed by atoms with E-state index >= 15 is 0 Å². The van der Waals surface area contributed by atoms with Crippen LogP contribution in [0, 0.1) is 12.3 Å². The molecule has 0 radical (unpaired) electrons. The summed E-state index contributed by atoms with van der Waals surface area (Å²) in [4.78, 5) is 0. The first-order valence-corrected chi connectivity index (χ1v) is 6.25. The second-order valence-corrected chi connectivity index (χ2v) is 4.24. The molecule has 1 aromatic carbocycles. The van der Waals surface area contributed by atoms with E-state index in [0.29, 0.717) is 4.62 Å². The maximum atomic E-state index is 7.41. The van der Waals surface area contributed by atoms with E-state index in [-0.39, 0.29) is 0 Å². The van der Waals surface area contributed by atoms with Crippen LogP contribution in [0.15, 0.2) is 18.2 Å². The van der Waals surface area contributed by atoms with Crippen LogP contribution in [0.4, 0.5) is 0 Å². The Hall–Kier alpha value is -0.830. The minimum Gasteiger partial charge on any atom is -0.496 e. The number of ether oxygens (including phenoxy) is 1. The number of benzene rings is 1. The number of nitrogens with one attached hydrogen (secondary N) is 1. The van der Waals surface area contributed by atoms with Crippen LogP contribution in [0.3, 0.4) is 0 Å². The first-order chi connectivity index (χ1) is 7.58. The van der Waals surface area contributed by atoms with Crippen molar-refractivity contribution in [3.63, 3.8) is 0 Å². The van der Waals surface area contributed by atoms with Gasteiger partial charge in [-0.2, -0.15) is 0 Å². The molecule has 0 bridgehead atoms. The van der Waals surface area contributed by atoms with Crippen molar-refractivity contribution >= 4 is 20.6 Å². The Balaban J connectivity index is 0.000000487. The molecule has 3 heteroatoms. The molecule has 1 aromatic rings. The van der Waals surface area contributed by atoms with Crippen LogP contribution in [0.5, 0.6) is 5.75 Å². The molecule has 0 aliphatic carbocycles.